The van der Waals surface area contributed by atoms with Crippen molar-refractivity contribution in [1.82, 2.24) is 9.97 Å². The van der Waals surface area contributed by atoms with E-state index in [1.807, 2.05) is 75.3 Å². The van der Waals surface area contributed by atoms with E-state index in [2.05, 4.69) is 15.3 Å². The first-order chi connectivity index (χ1) is 16.2. The van der Waals surface area contributed by atoms with Gasteiger partial charge in [0.05, 0.1) is 17.3 Å². The Balaban J connectivity index is 1.41. The number of hydrogen-bond donors (Lipinski definition) is 2. The second-order valence-corrected chi connectivity index (χ2v) is 8.97. The maximum Gasteiger partial charge on any atom is 0.229 e. The standard InChI is InChI=1S/C26H30N6O2/c1-16-11-17(2)29-24(28-16)13-18-5-10-23(22(27)12-18)30-26(34)19-14-25(33)32(15-19)21-8-6-20(7-9-21)31(3)4/h5-12,19H,13-15,27H2,1-4H3,(H,30,34). The molecule has 3 N–H and O–H groups in total. The van der Waals surface area contributed by atoms with Gasteiger partial charge in [0.1, 0.15) is 5.82 Å². The molecule has 0 aliphatic carbocycles. The van der Waals surface area contributed by atoms with Crippen molar-refractivity contribution in [3.05, 3.63) is 71.3 Å². The summed E-state index contributed by atoms with van der Waals surface area (Å²) >= 11 is 0. The molecule has 0 saturated carbocycles. The van der Waals surface area contributed by atoms with Crippen molar-refractivity contribution in [3.8, 4) is 0 Å². The van der Waals surface area contributed by atoms with Gasteiger partial charge in [0.2, 0.25) is 11.8 Å². The summed E-state index contributed by atoms with van der Waals surface area (Å²) in [5.74, 6) is 0.0213. The van der Waals surface area contributed by atoms with E-state index in [0.717, 1.165) is 34.2 Å². The number of amides is 2. The van der Waals surface area contributed by atoms with E-state index < -0.39 is 5.92 Å². The molecular formula is C26H30N6O2. The largest absolute Gasteiger partial charge is 0.397 e. The van der Waals surface area contributed by atoms with Gasteiger partial charge >= 0.3 is 0 Å². The Labute approximate surface area is 199 Å². The van der Waals surface area contributed by atoms with Crippen LogP contribution in [0.2, 0.25) is 0 Å². The van der Waals surface area contributed by atoms with Crippen LogP contribution in [0.5, 0.6) is 0 Å². The van der Waals surface area contributed by atoms with Crippen LogP contribution in [0.25, 0.3) is 0 Å². The number of nitrogens with one attached hydrogen (secondary N) is 1. The summed E-state index contributed by atoms with van der Waals surface area (Å²) in [6.07, 6.45) is 0.725. The molecule has 1 fully saturated rings. The first kappa shape index (κ1) is 23.2. The Bertz CT molecular complexity index is 1200. The van der Waals surface area contributed by atoms with Gasteiger partial charge in [-0.3, -0.25) is 9.59 Å². The number of aryl methyl sites for hydroxylation is 2. The molecule has 0 bridgehead atoms. The Morgan fingerprint density at radius 3 is 2.38 bits per heavy atom. The fourth-order valence-electron chi connectivity index (χ4n) is 4.19. The van der Waals surface area contributed by atoms with Gasteiger partial charge in [-0.25, -0.2) is 9.97 Å². The molecule has 1 unspecified atom stereocenters. The van der Waals surface area contributed by atoms with Gasteiger partial charge < -0.3 is 20.9 Å². The molecule has 34 heavy (non-hydrogen) atoms. The quantitative estimate of drug-likeness (QED) is 0.549. The fraction of sp³-hybridized carbons (Fsp3) is 0.308. The minimum absolute atomic E-state index is 0.0606. The van der Waals surface area contributed by atoms with Crippen LogP contribution in [0.15, 0.2) is 48.5 Å². The highest BCUT2D eigenvalue weighted by atomic mass is 16.2. The van der Waals surface area contributed by atoms with Gasteiger partial charge in [0, 0.05) is 56.2 Å². The number of nitrogen functional groups attached to an aromatic ring is 1. The maximum atomic E-state index is 12.9. The molecule has 3 aromatic rings. The first-order valence-corrected chi connectivity index (χ1v) is 11.3. The van der Waals surface area contributed by atoms with E-state index in [9.17, 15) is 9.59 Å². The molecule has 1 aliphatic rings. The second-order valence-electron chi connectivity index (χ2n) is 8.97. The predicted molar refractivity (Wildman–Crippen MR) is 135 cm³/mol. The van der Waals surface area contributed by atoms with Gasteiger partial charge in [-0.15, -0.1) is 0 Å². The molecule has 8 nitrogen and oxygen atoms in total. The van der Waals surface area contributed by atoms with Crippen LogP contribution in [-0.2, 0) is 16.0 Å². The number of hydrogen-bond acceptors (Lipinski definition) is 6. The lowest BCUT2D eigenvalue weighted by atomic mass is 10.1. The Morgan fingerprint density at radius 1 is 1.09 bits per heavy atom. The van der Waals surface area contributed by atoms with Crippen LogP contribution in [0, 0.1) is 19.8 Å². The summed E-state index contributed by atoms with van der Waals surface area (Å²) in [7, 11) is 3.93. The van der Waals surface area contributed by atoms with Gasteiger partial charge in [0.15, 0.2) is 0 Å². The average Bonchev–Trinajstić information content (AvgIpc) is 3.16. The first-order valence-electron chi connectivity index (χ1n) is 11.3. The highest BCUT2D eigenvalue weighted by molar-refractivity contribution is 6.04. The number of carbonyl (C=O) groups is 2. The maximum absolute atomic E-state index is 12.9. The molecule has 1 aromatic heterocycles. The zero-order valence-electron chi connectivity index (χ0n) is 20.0. The Kier molecular flexibility index (Phi) is 6.49. The topological polar surface area (TPSA) is 104 Å². The van der Waals surface area contributed by atoms with Crippen molar-refractivity contribution in [2.45, 2.75) is 26.7 Å². The SMILES string of the molecule is Cc1cc(C)nc(Cc2ccc(NC(=O)C3CC(=O)N(c4ccc(N(C)C)cc4)C3)c(N)c2)n1. The summed E-state index contributed by atoms with van der Waals surface area (Å²) in [5.41, 5.74) is 11.9. The van der Waals surface area contributed by atoms with E-state index in [4.69, 9.17) is 5.73 Å². The molecule has 1 aliphatic heterocycles. The Hall–Kier alpha value is -3.94. The van der Waals surface area contributed by atoms with Crippen LogP contribution in [0.4, 0.5) is 22.7 Å². The number of benzene rings is 2. The van der Waals surface area contributed by atoms with Crippen LogP contribution >= 0.6 is 0 Å². The molecule has 1 atom stereocenters. The lowest BCUT2D eigenvalue weighted by molar-refractivity contribution is -0.122. The van der Waals surface area contributed by atoms with E-state index >= 15 is 0 Å². The zero-order valence-corrected chi connectivity index (χ0v) is 20.0. The average molecular weight is 459 g/mol. The number of nitrogens with zero attached hydrogens (tertiary/aromatic N) is 4. The van der Waals surface area contributed by atoms with Gasteiger partial charge in [-0.05, 0) is 61.9 Å². The van der Waals surface area contributed by atoms with Crippen LogP contribution in [0.1, 0.15) is 29.2 Å². The summed E-state index contributed by atoms with van der Waals surface area (Å²) in [5, 5.41) is 2.90. The lowest BCUT2D eigenvalue weighted by Gasteiger charge is -2.19. The number of aromatic nitrogens is 2. The summed E-state index contributed by atoms with van der Waals surface area (Å²) in [4.78, 5) is 38.1. The third-order valence-electron chi connectivity index (χ3n) is 5.94. The van der Waals surface area contributed by atoms with Crippen molar-refractivity contribution in [2.24, 2.45) is 5.92 Å². The second kappa shape index (κ2) is 9.51. The number of anilines is 4. The molecular weight excluding hydrogens is 428 g/mol. The van der Waals surface area contributed by atoms with E-state index in [1.165, 1.54) is 0 Å². The third-order valence-corrected chi connectivity index (χ3v) is 5.94. The molecule has 2 heterocycles. The molecule has 8 heteroatoms. The van der Waals surface area contributed by atoms with E-state index in [1.54, 1.807) is 11.0 Å². The fourth-order valence-corrected chi connectivity index (χ4v) is 4.19. The molecule has 176 valence electrons. The van der Waals surface area contributed by atoms with Gasteiger partial charge in [-0.2, -0.15) is 0 Å². The van der Waals surface area contributed by atoms with Crippen LogP contribution in [0.3, 0.4) is 0 Å². The minimum Gasteiger partial charge on any atom is -0.397 e. The number of carbonyl (C=O) groups excluding carboxylic acids is 2. The highest BCUT2D eigenvalue weighted by Gasteiger charge is 2.35. The van der Waals surface area contributed by atoms with Crippen molar-refractivity contribution < 1.29 is 9.59 Å². The predicted octanol–water partition coefficient (Wildman–Crippen LogP) is 3.32. The Morgan fingerprint density at radius 2 is 1.76 bits per heavy atom. The molecule has 0 radical (unpaired) electrons. The number of rotatable bonds is 6. The number of nitrogens with two attached hydrogens (primary N) is 1. The van der Waals surface area contributed by atoms with E-state index in [-0.39, 0.29) is 18.2 Å². The lowest BCUT2D eigenvalue weighted by Crippen LogP contribution is -2.28. The van der Waals surface area contributed by atoms with Gasteiger partial charge in [-0.1, -0.05) is 6.07 Å². The summed E-state index contributed by atoms with van der Waals surface area (Å²) in [6.45, 7) is 4.23. The molecule has 2 amide bonds. The van der Waals surface area contributed by atoms with E-state index in [0.29, 0.717) is 24.3 Å². The molecule has 1 saturated heterocycles. The normalized spacial score (nSPS) is 15.5. The smallest absolute Gasteiger partial charge is 0.229 e. The van der Waals surface area contributed by atoms with Crippen molar-refractivity contribution >= 4 is 34.6 Å². The monoisotopic (exact) mass is 458 g/mol. The van der Waals surface area contributed by atoms with Crippen molar-refractivity contribution in [1.29, 1.82) is 0 Å². The highest BCUT2D eigenvalue weighted by Crippen LogP contribution is 2.29. The van der Waals surface area contributed by atoms with Crippen LogP contribution in [-0.4, -0.2) is 42.4 Å². The van der Waals surface area contributed by atoms with Gasteiger partial charge in [0.25, 0.3) is 0 Å². The summed E-state index contributed by atoms with van der Waals surface area (Å²) in [6, 6.07) is 15.2. The summed E-state index contributed by atoms with van der Waals surface area (Å²) < 4.78 is 0. The third kappa shape index (κ3) is 5.17. The molecule has 2 aromatic carbocycles. The minimum atomic E-state index is -0.441. The van der Waals surface area contributed by atoms with Crippen molar-refractivity contribution in [2.75, 3.05) is 41.5 Å². The van der Waals surface area contributed by atoms with Crippen molar-refractivity contribution in [3.63, 3.8) is 0 Å². The molecule has 0 spiro atoms. The zero-order chi connectivity index (χ0) is 24.4. The molecule has 4 rings (SSSR count). The van der Waals surface area contributed by atoms with Crippen LogP contribution < -0.4 is 20.9 Å².